The number of nitrogens with one attached hydrogen (secondary N) is 1. The highest BCUT2D eigenvalue weighted by Crippen LogP contribution is 2.18. The van der Waals surface area contributed by atoms with Crippen LogP contribution in [-0.4, -0.2) is 19.6 Å². The van der Waals surface area contributed by atoms with Crippen molar-refractivity contribution in [2.45, 2.75) is 13.8 Å². The number of hydrogen-bond acceptors (Lipinski definition) is 2. The normalized spacial score (nSPS) is 11.6. The molecule has 0 fully saturated rings. The summed E-state index contributed by atoms with van der Waals surface area (Å²) in [5.41, 5.74) is 4.08. The van der Waals surface area contributed by atoms with E-state index in [1.807, 2.05) is 36.8 Å². The summed E-state index contributed by atoms with van der Waals surface area (Å²) in [5, 5.41) is 5.41. The number of fused-ring (bicyclic) bond motifs is 3. The van der Waals surface area contributed by atoms with E-state index in [0.29, 0.717) is 0 Å². The van der Waals surface area contributed by atoms with E-state index in [-0.39, 0.29) is 0 Å². The Morgan fingerprint density at radius 2 is 2.21 bits per heavy atom. The number of aryl methyl sites for hydroxylation is 2. The summed E-state index contributed by atoms with van der Waals surface area (Å²) < 4.78 is 1.84. The molecule has 0 aromatic carbocycles. The lowest BCUT2D eigenvalue weighted by atomic mass is 10.3. The molecular weight excluding hydrogens is 176 g/mol. The van der Waals surface area contributed by atoms with Crippen LogP contribution in [0.4, 0.5) is 0 Å². The summed E-state index contributed by atoms with van der Waals surface area (Å²) in [6.07, 6.45) is 3.75. The molecule has 3 rings (SSSR count). The molecule has 4 heteroatoms. The van der Waals surface area contributed by atoms with E-state index in [1.54, 1.807) is 0 Å². The first-order chi connectivity index (χ1) is 6.77. The van der Waals surface area contributed by atoms with Gasteiger partial charge in [0, 0.05) is 17.1 Å². The van der Waals surface area contributed by atoms with Crippen LogP contribution >= 0.6 is 0 Å². The zero-order valence-electron chi connectivity index (χ0n) is 8.07. The molecule has 0 amide bonds. The van der Waals surface area contributed by atoms with Gasteiger partial charge in [-0.05, 0) is 19.9 Å². The topological polar surface area (TPSA) is 46.0 Å². The molecule has 3 aromatic rings. The number of aromatic nitrogens is 4. The predicted molar refractivity (Wildman–Crippen MR) is 54.3 cm³/mol. The zero-order chi connectivity index (χ0) is 9.71. The summed E-state index contributed by atoms with van der Waals surface area (Å²) >= 11 is 0. The summed E-state index contributed by atoms with van der Waals surface area (Å²) in [4.78, 5) is 7.69. The van der Waals surface area contributed by atoms with Crippen LogP contribution < -0.4 is 0 Å². The smallest absolute Gasteiger partial charge is 0.160 e. The van der Waals surface area contributed by atoms with Crippen LogP contribution in [0.1, 0.15) is 11.3 Å². The Kier molecular flexibility index (Phi) is 1.27. The first-order valence-electron chi connectivity index (χ1n) is 4.55. The molecule has 0 saturated heterocycles. The minimum absolute atomic E-state index is 0.928. The first-order valence-corrected chi connectivity index (χ1v) is 4.55. The molecule has 0 aliphatic heterocycles. The maximum Gasteiger partial charge on any atom is 0.160 e. The Bertz CT molecular complexity index is 617. The van der Waals surface area contributed by atoms with Crippen LogP contribution in [0.3, 0.4) is 0 Å². The minimum atomic E-state index is 0.928. The van der Waals surface area contributed by atoms with Gasteiger partial charge in [0.1, 0.15) is 5.65 Å². The van der Waals surface area contributed by atoms with Crippen molar-refractivity contribution >= 4 is 16.7 Å². The molecule has 0 atom stereocenters. The molecule has 0 saturated carbocycles. The van der Waals surface area contributed by atoms with E-state index in [2.05, 4.69) is 15.1 Å². The summed E-state index contributed by atoms with van der Waals surface area (Å²) in [6, 6.07) is 2.02. The monoisotopic (exact) mass is 186 g/mol. The average molecular weight is 186 g/mol. The van der Waals surface area contributed by atoms with Gasteiger partial charge in [-0.2, -0.15) is 9.61 Å². The van der Waals surface area contributed by atoms with Crippen molar-refractivity contribution in [3.63, 3.8) is 0 Å². The van der Waals surface area contributed by atoms with Gasteiger partial charge >= 0.3 is 0 Å². The van der Waals surface area contributed by atoms with Crippen molar-refractivity contribution in [2.24, 2.45) is 0 Å². The SMILES string of the molecule is Cc1nc2c(C)cnn2c2[nH]ccc12. The molecule has 4 nitrogen and oxygen atoms in total. The lowest BCUT2D eigenvalue weighted by molar-refractivity contribution is 0.962. The van der Waals surface area contributed by atoms with Crippen molar-refractivity contribution in [3.05, 3.63) is 29.7 Å². The van der Waals surface area contributed by atoms with Gasteiger partial charge in [-0.3, -0.25) is 0 Å². The third-order valence-electron chi connectivity index (χ3n) is 2.52. The fourth-order valence-corrected chi connectivity index (χ4v) is 1.77. The van der Waals surface area contributed by atoms with E-state index in [9.17, 15) is 0 Å². The number of hydrogen-bond donors (Lipinski definition) is 1. The molecule has 0 unspecified atom stereocenters. The maximum atomic E-state index is 4.52. The van der Waals surface area contributed by atoms with Crippen molar-refractivity contribution < 1.29 is 0 Å². The highest BCUT2D eigenvalue weighted by Gasteiger charge is 2.08. The molecule has 0 spiro atoms. The fraction of sp³-hybridized carbons (Fsp3) is 0.200. The Labute approximate surface area is 80.6 Å². The molecule has 0 aliphatic rings. The van der Waals surface area contributed by atoms with Gasteiger partial charge in [0.2, 0.25) is 0 Å². The number of H-pyrrole nitrogens is 1. The Morgan fingerprint density at radius 3 is 3.07 bits per heavy atom. The van der Waals surface area contributed by atoms with Crippen LogP contribution in [0.2, 0.25) is 0 Å². The van der Waals surface area contributed by atoms with Crippen molar-refractivity contribution in [1.29, 1.82) is 0 Å². The summed E-state index contributed by atoms with van der Waals surface area (Å²) in [5.74, 6) is 0. The van der Waals surface area contributed by atoms with Crippen LogP contribution in [0.25, 0.3) is 16.7 Å². The van der Waals surface area contributed by atoms with Gasteiger partial charge in [0.25, 0.3) is 0 Å². The third-order valence-corrected chi connectivity index (χ3v) is 2.52. The largest absolute Gasteiger partial charge is 0.346 e. The Morgan fingerprint density at radius 1 is 1.36 bits per heavy atom. The third kappa shape index (κ3) is 0.775. The molecule has 3 heterocycles. The molecule has 3 aromatic heterocycles. The highest BCUT2D eigenvalue weighted by atomic mass is 15.3. The molecular formula is C10H10N4. The fourth-order valence-electron chi connectivity index (χ4n) is 1.77. The summed E-state index contributed by atoms with van der Waals surface area (Å²) in [6.45, 7) is 4.03. The Hall–Kier alpha value is -1.84. The molecule has 14 heavy (non-hydrogen) atoms. The van der Waals surface area contributed by atoms with E-state index < -0.39 is 0 Å². The average Bonchev–Trinajstić information content (AvgIpc) is 2.74. The first kappa shape index (κ1) is 7.55. The van der Waals surface area contributed by atoms with Crippen molar-refractivity contribution in [3.8, 4) is 0 Å². The van der Waals surface area contributed by atoms with E-state index in [0.717, 1.165) is 27.9 Å². The van der Waals surface area contributed by atoms with Gasteiger partial charge < -0.3 is 4.98 Å². The van der Waals surface area contributed by atoms with Gasteiger partial charge in [-0.15, -0.1) is 0 Å². The van der Waals surface area contributed by atoms with E-state index in [1.165, 1.54) is 0 Å². The van der Waals surface area contributed by atoms with Crippen LogP contribution in [-0.2, 0) is 0 Å². The van der Waals surface area contributed by atoms with Gasteiger partial charge in [0.15, 0.2) is 5.65 Å². The number of nitrogens with zero attached hydrogens (tertiary/aromatic N) is 3. The second-order valence-electron chi connectivity index (χ2n) is 3.50. The standard InChI is InChI=1S/C10H10N4/c1-6-5-12-14-9(6)13-7(2)8-3-4-11-10(8)14/h3-5,11H,1-2H3. The maximum absolute atomic E-state index is 4.52. The molecule has 0 bridgehead atoms. The van der Waals surface area contributed by atoms with E-state index >= 15 is 0 Å². The van der Waals surface area contributed by atoms with Gasteiger partial charge in [-0.25, -0.2) is 4.98 Å². The number of rotatable bonds is 0. The second-order valence-corrected chi connectivity index (χ2v) is 3.50. The molecule has 70 valence electrons. The van der Waals surface area contributed by atoms with Gasteiger partial charge in [-0.1, -0.05) is 0 Å². The lowest BCUT2D eigenvalue weighted by Gasteiger charge is -1.99. The zero-order valence-corrected chi connectivity index (χ0v) is 8.07. The highest BCUT2D eigenvalue weighted by molar-refractivity contribution is 5.80. The van der Waals surface area contributed by atoms with Gasteiger partial charge in [0.05, 0.1) is 11.9 Å². The minimum Gasteiger partial charge on any atom is -0.346 e. The van der Waals surface area contributed by atoms with Crippen LogP contribution in [0.5, 0.6) is 0 Å². The van der Waals surface area contributed by atoms with E-state index in [4.69, 9.17) is 0 Å². The number of aromatic amines is 1. The second kappa shape index (κ2) is 2.35. The molecule has 1 N–H and O–H groups in total. The molecule has 0 radical (unpaired) electrons. The summed E-state index contributed by atoms with van der Waals surface area (Å²) in [7, 11) is 0. The van der Waals surface area contributed by atoms with Crippen molar-refractivity contribution in [1.82, 2.24) is 19.6 Å². The van der Waals surface area contributed by atoms with Crippen molar-refractivity contribution in [2.75, 3.05) is 0 Å². The predicted octanol–water partition coefficient (Wildman–Crippen LogP) is 1.83. The van der Waals surface area contributed by atoms with Crippen LogP contribution in [0.15, 0.2) is 18.5 Å². The molecule has 0 aliphatic carbocycles. The quantitative estimate of drug-likeness (QED) is 0.582. The lowest BCUT2D eigenvalue weighted by Crippen LogP contribution is -1.95. The Balaban J connectivity index is 2.67. The van der Waals surface area contributed by atoms with Crippen LogP contribution in [0, 0.1) is 13.8 Å².